The molecule has 0 aromatic heterocycles. The molecule has 2 unspecified atom stereocenters. The second kappa shape index (κ2) is 9.32. The highest BCUT2D eigenvalue weighted by Gasteiger charge is 2.40. The maximum atomic E-state index is 12.7. The molecule has 1 N–H and O–H groups in total. The van der Waals surface area contributed by atoms with E-state index in [9.17, 15) is 4.79 Å². The van der Waals surface area contributed by atoms with Gasteiger partial charge in [-0.25, -0.2) is 4.79 Å². The Bertz CT molecular complexity index is 743. The number of ether oxygens (including phenoxy) is 2. The number of nitrogens with one attached hydrogen (secondary N) is 1. The summed E-state index contributed by atoms with van der Waals surface area (Å²) in [4.78, 5) is 15.2. The van der Waals surface area contributed by atoms with Crippen LogP contribution in [0.4, 0.5) is 0 Å². The van der Waals surface area contributed by atoms with Gasteiger partial charge in [-0.3, -0.25) is 10.2 Å². The molecule has 0 spiro atoms. The molecular formula is C23H30N2O3. The van der Waals surface area contributed by atoms with Crippen LogP contribution in [-0.2, 0) is 9.53 Å². The molecule has 1 aliphatic rings. The second-order valence-corrected chi connectivity index (χ2v) is 7.71. The van der Waals surface area contributed by atoms with Gasteiger partial charge in [0.25, 0.3) is 0 Å². The average Bonchev–Trinajstić information content (AvgIpc) is 3.26. The molecule has 1 fully saturated rings. The van der Waals surface area contributed by atoms with Crippen LogP contribution in [0, 0.1) is 0 Å². The minimum Gasteiger partial charge on any atom is -0.424 e. The third kappa shape index (κ3) is 4.79. The Kier molecular flexibility index (Phi) is 6.83. The molecule has 150 valence electrons. The summed E-state index contributed by atoms with van der Waals surface area (Å²) in [5, 5.41) is 3.42. The highest BCUT2D eigenvalue weighted by Crippen LogP contribution is 2.34. The third-order valence-corrected chi connectivity index (χ3v) is 5.49. The van der Waals surface area contributed by atoms with Gasteiger partial charge < -0.3 is 9.47 Å². The van der Waals surface area contributed by atoms with E-state index in [-0.39, 0.29) is 11.6 Å². The van der Waals surface area contributed by atoms with Gasteiger partial charge >= 0.3 is 5.97 Å². The third-order valence-electron chi connectivity index (χ3n) is 5.49. The molecule has 0 bridgehead atoms. The Morgan fingerprint density at radius 2 is 1.57 bits per heavy atom. The van der Waals surface area contributed by atoms with Crippen LogP contribution in [0.25, 0.3) is 0 Å². The quantitative estimate of drug-likeness (QED) is 0.428. The van der Waals surface area contributed by atoms with Crippen molar-refractivity contribution in [2.75, 3.05) is 20.2 Å². The Hall–Kier alpha value is -2.21. The lowest BCUT2D eigenvalue weighted by atomic mass is 9.87. The van der Waals surface area contributed by atoms with Crippen molar-refractivity contribution in [3.8, 4) is 5.75 Å². The van der Waals surface area contributed by atoms with Crippen LogP contribution in [0.2, 0.25) is 0 Å². The van der Waals surface area contributed by atoms with Crippen molar-refractivity contribution in [2.45, 2.75) is 44.5 Å². The summed E-state index contributed by atoms with van der Waals surface area (Å²) in [7, 11) is 1.52. The number of carbonyl (C=O) groups is 1. The number of nitrogens with zero attached hydrogens (tertiary/aromatic N) is 1. The minimum atomic E-state index is -0.868. The average molecular weight is 383 g/mol. The maximum Gasteiger partial charge on any atom is 0.355 e. The first kappa shape index (κ1) is 20.5. The standard InChI is InChI=1S/C23H30N2O3/c1-23(2,25-16-10-11-17-25)20(18-12-6-4-7-13-18)24-21(27-3)22(26)28-19-14-8-5-9-15-19/h4-9,12-15,20-21,24H,10-11,16-17H2,1-3H3. The first-order valence-electron chi connectivity index (χ1n) is 9.88. The number of likely N-dealkylation sites (tertiary alicyclic amines) is 1. The van der Waals surface area contributed by atoms with Gasteiger partial charge in [0, 0.05) is 12.6 Å². The summed E-state index contributed by atoms with van der Waals surface area (Å²) in [6.45, 7) is 6.56. The number of benzene rings is 2. The zero-order chi connectivity index (χ0) is 20.0. The summed E-state index contributed by atoms with van der Waals surface area (Å²) >= 11 is 0. The summed E-state index contributed by atoms with van der Waals surface area (Å²) in [6.07, 6.45) is 1.54. The van der Waals surface area contributed by atoms with E-state index in [0.717, 1.165) is 18.7 Å². The zero-order valence-corrected chi connectivity index (χ0v) is 16.9. The molecule has 2 atom stereocenters. The summed E-state index contributed by atoms with van der Waals surface area (Å²) < 4.78 is 11.0. The van der Waals surface area contributed by atoms with E-state index < -0.39 is 12.2 Å². The molecule has 2 aromatic carbocycles. The van der Waals surface area contributed by atoms with E-state index in [1.165, 1.54) is 20.0 Å². The van der Waals surface area contributed by atoms with E-state index in [4.69, 9.17) is 9.47 Å². The number of rotatable bonds is 8. The lowest BCUT2D eigenvalue weighted by Crippen LogP contribution is -2.55. The molecule has 1 heterocycles. The first-order valence-corrected chi connectivity index (χ1v) is 9.88. The molecule has 5 nitrogen and oxygen atoms in total. The fraction of sp³-hybridized carbons (Fsp3) is 0.435. The molecule has 0 aliphatic carbocycles. The molecule has 28 heavy (non-hydrogen) atoms. The van der Waals surface area contributed by atoms with Crippen molar-refractivity contribution in [3.05, 3.63) is 66.2 Å². The predicted octanol–water partition coefficient (Wildman–Crippen LogP) is 3.77. The van der Waals surface area contributed by atoms with Gasteiger partial charge in [0.1, 0.15) is 5.75 Å². The molecule has 3 rings (SSSR count). The normalized spacial score (nSPS) is 17.2. The van der Waals surface area contributed by atoms with Crippen LogP contribution >= 0.6 is 0 Å². The van der Waals surface area contributed by atoms with Gasteiger partial charge in [-0.2, -0.15) is 0 Å². The molecule has 0 radical (unpaired) electrons. The maximum absolute atomic E-state index is 12.7. The van der Waals surface area contributed by atoms with E-state index in [2.05, 4.69) is 36.2 Å². The van der Waals surface area contributed by atoms with Crippen LogP contribution < -0.4 is 10.1 Å². The van der Waals surface area contributed by atoms with Gasteiger partial charge in [0.15, 0.2) is 0 Å². The second-order valence-electron chi connectivity index (χ2n) is 7.71. The van der Waals surface area contributed by atoms with E-state index >= 15 is 0 Å². The molecule has 1 aliphatic heterocycles. The highest BCUT2D eigenvalue weighted by atomic mass is 16.6. The van der Waals surface area contributed by atoms with Crippen molar-refractivity contribution in [1.82, 2.24) is 10.2 Å². The van der Waals surface area contributed by atoms with Crippen LogP contribution in [0.1, 0.15) is 38.3 Å². The summed E-state index contributed by atoms with van der Waals surface area (Å²) in [5.74, 6) is 0.0540. The van der Waals surface area contributed by atoms with Gasteiger partial charge in [-0.1, -0.05) is 48.5 Å². The van der Waals surface area contributed by atoms with Crippen molar-refractivity contribution < 1.29 is 14.3 Å². The van der Waals surface area contributed by atoms with E-state index in [0.29, 0.717) is 5.75 Å². The van der Waals surface area contributed by atoms with E-state index in [1.807, 2.05) is 36.4 Å². The van der Waals surface area contributed by atoms with Gasteiger partial charge in [0.2, 0.25) is 6.23 Å². The molecule has 0 saturated carbocycles. The highest BCUT2D eigenvalue weighted by molar-refractivity contribution is 5.76. The largest absolute Gasteiger partial charge is 0.424 e. The number of hydrogen-bond donors (Lipinski definition) is 1. The van der Waals surface area contributed by atoms with Crippen LogP contribution in [0.15, 0.2) is 60.7 Å². The molecule has 5 heteroatoms. The van der Waals surface area contributed by atoms with Crippen molar-refractivity contribution in [3.63, 3.8) is 0 Å². The van der Waals surface area contributed by atoms with Gasteiger partial charge in [-0.05, 0) is 57.5 Å². The number of esters is 1. The van der Waals surface area contributed by atoms with Crippen LogP contribution in [-0.4, -0.2) is 42.8 Å². The SMILES string of the molecule is COC(NC(c1ccccc1)C(C)(C)N1CCCC1)C(=O)Oc1ccccc1. The lowest BCUT2D eigenvalue weighted by Gasteiger charge is -2.43. The van der Waals surface area contributed by atoms with Crippen molar-refractivity contribution >= 4 is 5.97 Å². The van der Waals surface area contributed by atoms with Gasteiger partial charge in [-0.15, -0.1) is 0 Å². The Morgan fingerprint density at radius 3 is 2.14 bits per heavy atom. The van der Waals surface area contributed by atoms with Crippen LogP contribution in [0.3, 0.4) is 0 Å². The Morgan fingerprint density at radius 1 is 1.00 bits per heavy atom. The minimum absolute atomic E-state index is 0.0972. The first-order chi connectivity index (χ1) is 13.5. The Labute approximate surface area is 167 Å². The topological polar surface area (TPSA) is 50.8 Å². The molecule has 0 amide bonds. The number of methoxy groups -OCH3 is 1. The smallest absolute Gasteiger partial charge is 0.355 e. The molecular weight excluding hydrogens is 352 g/mol. The number of carbonyl (C=O) groups excluding carboxylic acids is 1. The van der Waals surface area contributed by atoms with Gasteiger partial charge in [0.05, 0.1) is 6.04 Å². The summed E-state index contributed by atoms with van der Waals surface area (Å²) in [6, 6.07) is 19.2. The fourth-order valence-corrected chi connectivity index (χ4v) is 3.87. The molecule has 1 saturated heterocycles. The van der Waals surface area contributed by atoms with Crippen LogP contribution in [0.5, 0.6) is 5.75 Å². The monoisotopic (exact) mass is 382 g/mol. The zero-order valence-electron chi connectivity index (χ0n) is 16.9. The van der Waals surface area contributed by atoms with E-state index in [1.54, 1.807) is 12.1 Å². The number of hydrogen-bond acceptors (Lipinski definition) is 5. The number of para-hydroxylation sites is 1. The Balaban J connectivity index is 1.82. The fourth-order valence-electron chi connectivity index (χ4n) is 3.87. The lowest BCUT2D eigenvalue weighted by molar-refractivity contribution is -0.149. The molecule has 2 aromatic rings. The van der Waals surface area contributed by atoms with Crippen molar-refractivity contribution in [2.24, 2.45) is 0 Å². The predicted molar refractivity (Wildman–Crippen MR) is 110 cm³/mol. The summed E-state index contributed by atoms with van der Waals surface area (Å²) in [5.41, 5.74) is 0.927. The van der Waals surface area contributed by atoms with Crippen molar-refractivity contribution in [1.29, 1.82) is 0 Å².